The monoisotopic (exact) mass is 799 g/mol. The van der Waals surface area contributed by atoms with E-state index in [1.165, 1.54) is 22.0 Å². The van der Waals surface area contributed by atoms with Gasteiger partial charge in [-0.2, -0.15) is 4.98 Å². The third-order valence-corrected chi connectivity index (χ3v) is 12.3. The van der Waals surface area contributed by atoms with E-state index < -0.39 is 0 Å². The smallest absolute Gasteiger partial charge is 0.388 e. The summed E-state index contributed by atoms with van der Waals surface area (Å²) in [6.07, 6.45) is 0. The standard InChI is InChI=1S/C53H44B3N5O/c1-53(2,3)46-36-37-49-51(62-52-57-47-34-19-20-35-48(47)58(49)52)50(46)39-22-21-33-45(38-39)61-55(41-25-11-5-12-26-41)59(43-29-15-7-16-30-43)54(40-23-9-4-10-24-40)60(44-31-17-8-18-32-44)56(61)42-27-13-6-14-28-42/h4-38H,1-3H3. The Hall–Kier alpha value is -7.38. The summed E-state index contributed by atoms with van der Waals surface area (Å²) in [7, 11) is 0. The molecule has 296 valence electrons. The Bertz CT molecular complexity index is 3070. The minimum atomic E-state index is -0.250. The molecule has 2 aromatic heterocycles. The van der Waals surface area contributed by atoms with Gasteiger partial charge in [0.25, 0.3) is 0 Å². The number of rotatable bonds is 7. The molecule has 0 unspecified atom stereocenters. The van der Waals surface area contributed by atoms with Crippen molar-refractivity contribution in [3.05, 3.63) is 218 Å². The molecule has 6 nitrogen and oxygen atoms in total. The summed E-state index contributed by atoms with van der Waals surface area (Å²) >= 11 is 0. The summed E-state index contributed by atoms with van der Waals surface area (Å²) in [5.74, 6) is 0.595. The molecule has 1 saturated heterocycles. The first kappa shape index (κ1) is 37.6. The predicted octanol–water partition coefficient (Wildman–Crippen LogP) is 10.2. The van der Waals surface area contributed by atoms with Crippen LogP contribution in [0.2, 0.25) is 0 Å². The molecule has 0 saturated carbocycles. The van der Waals surface area contributed by atoms with Crippen molar-refractivity contribution >= 4 is 82.4 Å². The van der Waals surface area contributed by atoms with E-state index >= 15 is 0 Å². The highest BCUT2D eigenvalue weighted by atomic mass is 16.4. The highest BCUT2D eigenvalue weighted by molar-refractivity contribution is 7.14. The van der Waals surface area contributed by atoms with Gasteiger partial charge in [-0.1, -0.05) is 178 Å². The zero-order valence-corrected chi connectivity index (χ0v) is 35.1. The van der Waals surface area contributed by atoms with Gasteiger partial charge < -0.3 is 18.6 Å². The van der Waals surface area contributed by atoms with Crippen LogP contribution in [0.15, 0.2) is 217 Å². The van der Waals surface area contributed by atoms with E-state index in [9.17, 15) is 0 Å². The van der Waals surface area contributed by atoms with Gasteiger partial charge in [-0.25, -0.2) is 0 Å². The first-order valence-corrected chi connectivity index (χ1v) is 21.5. The van der Waals surface area contributed by atoms with Crippen molar-refractivity contribution in [2.75, 3.05) is 14.2 Å². The second kappa shape index (κ2) is 15.3. The van der Waals surface area contributed by atoms with Crippen LogP contribution in [0.5, 0.6) is 0 Å². The Kier molecular flexibility index (Phi) is 9.26. The quantitative estimate of drug-likeness (QED) is 0.150. The summed E-state index contributed by atoms with van der Waals surface area (Å²) in [4.78, 5) is 4.94. The van der Waals surface area contributed by atoms with Crippen LogP contribution in [0, 0.1) is 0 Å². The molecule has 0 spiro atoms. The van der Waals surface area contributed by atoms with Gasteiger partial charge in [0.05, 0.1) is 16.6 Å². The van der Waals surface area contributed by atoms with E-state index in [4.69, 9.17) is 9.40 Å². The van der Waals surface area contributed by atoms with Gasteiger partial charge in [-0.15, -0.1) is 0 Å². The largest absolute Gasteiger partial charge is 0.422 e. The number of nitrogens with zero attached hydrogens (tertiary/aromatic N) is 5. The van der Waals surface area contributed by atoms with Crippen LogP contribution in [0.1, 0.15) is 26.3 Å². The highest BCUT2D eigenvalue weighted by Gasteiger charge is 2.55. The molecular weight excluding hydrogens is 755 g/mol. The maximum atomic E-state index is 6.86. The van der Waals surface area contributed by atoms with Gasteiger partial charge in [0, 0.05) is 22.6 Å². The molecule has 0 amide bonds. The lowest BCUT2D eigenvalue weighted by Crippen LogP contribution is -2.86. The lowest BCUT2D eigenvalue weighted by Gasteiger charge is -2.57. The lowest BCUT2D eigenvalue weighted by atomic mass is 9.37. The van der Waals surface area contributed by atoms with Gasteiger partial charge >= 0.3 is 26.8 Å². The summed E-state index contributed by atoms with van der Waals surface area (Å²) in [5.41, 5.74) is 13.9. The Balaban J connectivity index is 1.22. The van der Waals surface area contributed by atoms with Crippen molar-refractivity contribution in [3.63, 3.8) is 0 Å². The number of hydrogen-bond acceptors (Lipinski definition) is 5. The van der Waals surface area contributed by atoms with E-state index in [2.05, 4.69) is 240 Å². The van der Waals surface area contributed by atoms with E-state index in [-0.39, 0.29) is 26.4 Å². The molecule has 10 aromatic rings. The minimum Gasteiger partial charge on any atom is -0.422 e. The predicted molar refractivity (Wildman–Crippen MR) is 262 cm³/mol. The Labute approximate surface area is 364 Å². The van der Waals surface area contributed by atoms with Gasteiger partial charge in [-0.3, -0.25) is 4.40 Å². The topological polar surface area (TPSA) is 40.2 Å². The zero-order valence-electron chi connectivity index (χ0n) is 35.1. The second-order valence-electron chi connectivity index (χ2n) is 17.2. The van der Waals surface area contributed by atoms with Gasteiger partial charge in [0.1, 0.15) is 0 Å². The number of fused-ring (bicyclic) bond motifs is 5. The molecule has 1 aliphatic heterocycles. The van der Waals surface area contributed by atoms with Crippen LogP contribution >= 0.6 is 0 Å². The molecule has 0 atom stereocenters. The average molecular weight is 799 g/mol. The van der Waals surface area contributed by atoms with E-state index in [0.29, 0.717) is 5.84 Å². The van der Waals surface area contributed by atoms with Crippen LogP contribution in [-0.2, 0) is 5.41 Å². The lowest BCUT2D eigenvalue weighted by molar-refractivity contribution is 0.589. The molecule has 3 heterocycles. The van der Waals surface area contributed by atoms with Gasteiger partial charge in [-0.05, 0) is 87.5 Å². The maximum Gasteiger partial charge on any atom is 0.388 e. The van der Waals surface area contributed by atoms with Crippen LogP contribution in [-0.4, -0.2) is 30.3 Å². The summed E-state index contributed by atoms with van der Waals surface area (Å²) in [5, 5.41) is 0. The first-order valence-electron chi connectivity index (χ1n) is 21.5. The number of anilines is 3. The van der Waals surface area contributed by atoms with Crippen LogP contribution < -0.4 is 30.6 Å². The second-order valence-corrected chi connectivity index (χ2v) is 17.2. The highest BCUT2D eigenvalue weighted by Crippen LogP contribution is 2.42. The molecule has 0 radical (unpaired) electrons. The molecule has 0 N–H and O–H groups in total. The fourth-order valence-electron chi connectivity index (χ4n) is 9.67. The van der Waals surface area contributed by atoms with Crippen molar-refractivity contribution in [2.24, 2.45) is 0 Å². The molecule has 0 bridgehead atoms. The first-order chi connectivity index (χ1) is 30.4. The summed E-state index contributed by atoms with van der Waals surface area (Å²) in [6, 6.07) is 76.7. The maximum absolute atomic E-state index is 6.86. The number of aromatic nitrogens is 2. The zero-order chi connectivity index (χ0) is 41.8. The molecule has 8 aromatic carbocycles. The van der Waals surface area contributed by atoms with Crippen molar-refractivity contribution in [1.29, 1.82) is 0 Å². The van der Waals surface area contributed by atoms with E-state index in [1.54, 1.807) is 0 Å². The summed E-state index contributed by atoms with van der Waals surface area (Å²) < 4.78 is 16.9. The normalized spacial score (nSPS) is 13.5. The summed E-state index contributed by atoms with van der Waals surface area (Å²) in [6.45, 7) is 6.15. The van der Waals surface area contributed by atoms with Crippen LogP contribution in [0.3, 0.4) is 0 Å². The SMILES string of the molecule is CC(C)(C)c1ccc2c(oc3nc4ccccc4n32)c1-c1cccc(N2B(c3ccccc3)N(c3ccccc3)B(c3ccccc3)N(c3ccccc3)B2c2ccccc2)c1. The van der Waals surface area contributed by atoms with Gasteiger partial charge in [0.2, 0.25) is 0 Å². The third kappa shape index (κ3) is 6.35. The minimum absolute atomic E-state index is 0.183. The molecule has 62 heavy (non-hydrogen) atoms. The van der Waals surface area contributed by atoms with Gasteiger partial charge in [0.15, 0.2) is 5.58 Å². The number of imidazole rings is 1. The number of hydrogen-bond donors (Lipinski definition) is 0. The Morgan fingerprint density at radius 1 is 0.435 bits per heavy atom. The van der Waals surface area contributed by atoms with Crippen LogP contribution in [0.25, 0.3) is 39.1 Å². The molecule has 1 fully saturated rings. The molecule has 9 heteroatoms. The molecule has 11 rings (SSSR count). The number of para-hydroxylation sites is 4. The molecular formula is C53H44B3N5O. The number of oxazole rings is 1. The van der Waals surface area contributed by atoms with Crippen molar-refractivity contribution in [3.8, 4) is 11.1 Å². The van der Waals surface area contributed by atoms with Crippen molar-refractivity contribution in [1.82, 2.24) is 9.38 Å². The Morgan fingerprint density at radius 3 is 1.40 bits per heavy atom. The third-order valence-electron chi connectivity index (χ3n) is 12.3. The molecule has 0 aliphatic carbocycles. The fourth-order valence-corrected chi connectivity index (χ4v) is 9.67. The van der Waals surface area contributed by atoms with Crippen LogP contribution in [0.4, 0.5) is 17.1 Å². The number of benzene rings is 8. The van der Waals surface area contributed by atoms with E-state index in [1.807, 2.05) is 12.1 Å². The Morgan fingerprint density at radius 2 is 0.887 bits per heavy atom. The molecule has 1 aliphatic rings. The average Bonchev–Trinajstić information content (AvgIpc) is 3.88. The van der Waals surface area contributed by atoms with Crippen molar-refractivity contribution in [2.45, 2.75) is 26.2 Å². The fraction of sp³-hybridized carbons (Fsp3) is 0.0755. The van der Waals surface area contributed by atoms with Crippen molar-refractivity contribution < 1.29 is 4.42 Å². The van der Waals surface area contributed by atoms with E-state index in [0.717, 1.165) is 50.3 Å².